The van der Waals surface area contributed by atoms with Crippen LogP contribution >= 0.6 is 15.9 Å². The zero-order chi connectivity index (χ0) is 13.7. The summed E-state index contributed by atoms with van der Waals surface area (Å²) in [6, 6.07) is 7.75. The maximum atomic E-state index is 12.3. The molecule has 106 valence electrons. The molecule has 19 heavy (non-hydrogen) atoms. The van der Waals surface area contributed by atoms with Crippen LogP contribution in [0.3, 0.4) is 0 Å². The van der Waals surface area contributed by atoms with Crippen molar-refractivity contribution in [1.29, 1.82) is 0 Å². The number of hydrogen-bond donors (Lipinski definition) is 0. The summed E-state index contributed by atoms with van der Waals surface area (Å²) in [4.78, 5) is 1.83. The summed E-state index contributed by atoms with van der Waals surface area (Å²) in [5, 5.41) is 0. The van der Waals surface area contributed by atoms with Crippen molar-refractivity contribution in [3.05, 3.63) is 28.7 Å². The van der Waals surface area contributed by atoms with E-state index in [0.717, 1.165) is 36.2 Å². The molecule has 0 N–H and O–H groups in total. The summed E-state index contributed by atoms with van der Waals surface area (Å²) >= 11 is 3.44. The predicted octanol–water partition coefficient (Wildman–Crippen LogP) is 3.81. The van der Waals surface area contributed by atoms with Gasteiger partial charge in [0.2, 0.25) is 0 Å². The highest BCUT2D eigenvalue weighted by Gasteiger charge is 2.21. The maximum absolute atomic E-state index is 12.3. The maximum Gasteiger partial charge on any atom is 0.251 e. The van der Waals surface area contributed by atoms with Crippen LogP contribution in [0.2, 0.25) is 0 Å². The van der Waals surface area contributed by atoms with Crippen LogP contribution in [-0.4, -0.2) is 37.6 Å². The van der Waals surface area contributed by atoms with Crippen molar-refractivity contribution in [2.75, 3.05) is 26.2 Å². The molecule has 1 fully saturated rings. The van der Waals surface area contributed by atoms with Gasteiger partial charge in [-0.15, -0.1) is 0 Å². The number of benzene rings is 1. The zero-order valence-electron chi connectivity index (χ0n) is 10.7. The lowest BCUT2D eigenvalue weighted by Gasteiger charge is -2.31. The van der Waals surface area contributed by atoms with Gasteiger partial charge in [0.05, 0.1) is 17.6 Å². The van der Waals surface area contributed by atoms with E-state index in [2.05, 4.69) is 15.9 Å². The first-order chi connectivity index (χ1) is 9.15. The number of rotatable bonds is 5. The van der Waals surface area contributed by atoms with Crippen LogP contribution in [0, 0.1) is 5.92 Å². The molecule has 0 aromatic heterocycles. The van der Waals surface area contributed by atoms with E-state index in [4.69, 9.17) is 4.74 Å². The van der Waals surface area contributed by atoms with E-state index in [1.54, 1.807) is 0 Å². The summed E-state index contributed by atoms with van der Waals surface area (Å²) in [6.07, 6.45) is -0.373. The summed E-state index contributed by atoms with van der Waals surface area (Å²) in [5.74, 6) is 1.30. The van der Waals surface area contributed by atoms with Gasteiger partial charge in [0.1, 0.15) is 5.75 Å². The van der Waals surface area contributed by atoms with Crippen molar-refractivity contribution in [2.45, 2.75) is 19.3 Å². The van der Waals surface area contributed by atoms with Crippen LogP contribution < -0.4 is 4.74 Å². The lowest BCUT2D eigenvalue weighted by molar-refractivity contribution is 0.0619. The van der Waals surface area contributed by atoms with Gasteiger partial charge in [-0.2, -0.15) is 0 Å². The topological polar surface area (TPSA) is 12.5 Å². The molecule has 0 bridgehead atoms. The molecular formula is C14H18BrF2NO. The van der Waals surface area contributed by atoms with Gasteiger partial charge in [0.25, 0.3) is 6.43 Å². The largest absolute Gasteiger partial charge is 0.492 e. The molecular weight excluding hydrogens is 316 g/mol. The minimum absolute atomic E-state index is 0.0994. The fraction of sp³-hybridized carbons (Fsp3) is 0.571. The van der Waals surface area contributed by atoms with E-state index in [-0.39, 0.29) is 6.54 Å². The van der Waals surface area contributed by atoms with Gasteiger partial charge in [0, 0.05) is 0 Å². The van der Waals surface area contributed by atoms with Crippen molar-refractivity contribution < 1.29 is 13.5 Å². The molecule has 0 atom stereocenters. The normalized spacial score (nSPS) is 17.9. The Kier molecular flexibility index (Phi) is 5.58. The van der Waals surface area contributed by atoms with Crippen molar-refractivity contribution >= 4 is 15.9 Å². The second kappa shape index (κ2) is 7.20. The van der Waals surface area contributed by atoms with E-state index in [1.807, 2.05) is 29.2 Å². The fourth-order valence-corrected chi connectivity index (χ4v) is 2.70. The van der Waals surface area contributed by atoms with E-state index in [0.29, 0.717) is 12.5 Å². The van der Waals surface area contributed by atoms with Crippen LogP contribution in [0.25, 0.3) is 0 Å². The molecule has 0 unspecified atom stereocenters. The molecule has 1 aromatic rings. The number of nitrogens with zero attached hydrogens (tertiary/aromatic N) is 1. The standard InChI is InChI=1S/C14H18BrF2NO/c15-12-3-1-2-4-13(12)19-10-11-5-7-18(8-6-11)9-14(16)17/h1-4,11,14H,5-10H2. The van der Waals surface area contributed by atoms with Crippen LogP contribution in [0.1, 0.15) is 12.8 Å². The number of likely N-dealkylation sites (tertiary alicyclic amines) is 1. The van der Waals surface area contributed by atoms with Crippen LogP contribution in [-0.2, 0) is 0 Å². The Morgan fingerprint density at radius 3 is 2.58 bits per heavy atom. The third kappa shape index (κ3) is 4.73. The molecule has 5 heteroatoms. The molecule has 0 saturated carbocycles. The lowest BCUT2D eigenvalue weighted by atomic mass is 9.98. The minimum atomic E-state index is -2.23. The molecule has 1 aliphatic rings. The van der Waals surface area contributed by atoms with Gasteiger partial charge in [-0.3, -0.25) is 4.90 Å². The van der Waals surface area contributed by atoms with Gasteiger partial charge >= 0.3 is 0 Å². The van der Waals surface area contributed by atoms with Crippen LogP contribution in [0.5, 0.6) is 5.75 Å². The first-order valence-corrected chi connectivity index (χ1v) is 7.32. The first-order valence-electron chi connectivity index (χ1n) is 6.53. The lowest BCUT2D eigenvalue weighted by Crippen LogP contribution is -2.38. The summed E-state index contributed by atoms with van der Waals surface area (Å²) in [5.41, 5.74) is 0. The summed E-state index contributed by atoms with van der Waals surface area (Å²) < 4.78 is 31.2. The van der Waals surface area contributed by atoms with Gasteiger partial charge in [-0.05, 0) is 59.9 Å². The second-order valence-electron chi connectivity index (χ2n) is 4.88. The molecule has 1 saturated heterocycles. The van der Waals surface area contributed by atoms with Crippen molar-refractivity contribution in [1.82, 2.24) is 4.90 Å². The third-order valence-electron chi connectivity index (χ3n) is 3.41. The van der Waals surface area contributed by atoms with Gasteiger partial charge in [0.15, 0.2) is 0 Å². The number of hydrogen-bond acceptors (Lipinski definition) is 2. The van der Waals surface area contributed by atoms with Crippen molar-refractivity contribution in [3.63, 3.8) is 0 Å². The Morgan fingerprint density at radius 1 is 1.26 bits per heavy atom. The summed E-state index contributed by atoms with van der Waals surface area (Å²) in [7, 11) is 0. The molecule has 1 aromatic carbocycles. The molecule has 1 heterocycles. The third-order valence-corrected chi connectivity index (χ3v) is 4.07. The van der Waals surface area contributed by atoms with E-state index >= 15 is 0 Å². The smallest absolute Gasteiger partial charge is 0.251 e. The molecule has 0 radical (unpaired) electrons. The molecule has 0 aliphatic carbocycles. The average Bonchev–Trinajstić information content (AvgIpc) is 2.39. The SMILES string of the molecule is FC(F)CN1CCC(COc2ccccc2Br)CC1. The van der Waals surface area contributed by atoms with Gasteiger partial charge in [-0.25, -0.2) is 8.78 Å². The van der Waals surface area contributed by atoms with Crippen molar-refractivity contribution in [2.24, 2.45) is 5.92 Å². The van der Waals surface area contributed by atoms with E-state index in [9.17, 15) is 8.78 Å². The number of halogens is 3. The monoisotopic (exact) mass is 333 g/mol. The number of para-hydroxylation sites is 1. The molecule has 1 aliphatic heterocycles. The van der Waals surface area contributed by atoms with Crippen LogP contribution in [0.15, 0.2) is 28.7 Å². The van der Waals surface area contributed by atoms with Crippen LogP contribution in [0.4, 0.5) is 8.78 Å². The predicted molar refractivity (Wildman–Crippen MR) is 74.8 cm³/mol. The molecule has 2 nitrogen and oxygen atoms in total. The highest BCUT2D eigenvalue weighted by molar-refractivity contribution is 9.10. The van der Waals surface area contributed by atoms with E-state index in [1.165, 1.54) is 0 Å². The Hall–Kier alpha value is -0.680. The highest BCUT2D eigenvalue weighted by atomic mass is 79.9. The minimum Gasteiger partial charge on any atom is -0.492 e. The Morgan fingerprint density at radius 2 is 1.95 bits per heavy atom. The van der Waals surface area contributed by atoms with Gasteiger partial charge in [-0.1, -0.05) is 12.1 Å². The molecule has 2 rings (SSSR count). The Labute approximate surface area is 120 Å². The number of alkyl halides is 2. The quantitative estimate of drug-likeness (QED) is 0.812. The Bertz CT molecular complexity index is 395. The summed E-state index contributed by atoms with van der Waals surface area (Å²) in [6.45, 7) is 2.05. The number of piperidine rings is 1. The fourth-order valence-electron chi connectivity index (χ4n) is 2.30. The van der Waals surface area contributed by atoms with E-state index < -0.39 is 6.43 Å². The molecule has 0 amide bonds. The highest BCUT2D eigenvalue weighted by Crippen LogP contribution is 2.26. The second-order valence-corrected chi connectivity index (χ2v) is 5.73. The Balaban J connectivity index is 1.73. The first kappa shape index (κ1) is 14.7. The van der Waals surface area contributed by atoms with Gasteiger partial charge < -0.3 is 4.74 Å². The average molecular weight is 334 g/mol. The molecule has 0 spiro atoms. The van der Waals surface area contributed by atoms with Crippen molar-refractivity contribution in [3.8, 4) is 5.75 Å². The zero-order valence-corrected chi connectivity index (χ0v) is 12.3. The number of ether oxygens (including phenoxy) is 1.